The maximum absolute atomic E-state index is 12.0. The summed E-state index contributed by atoms with van der Waals surface area (Å²) in [5.41, 5.74) is 0.605. The van der Waals surface area contributed by atoms with E-state index in [2.05, 4.69) is 10.6 Å². The van der Waals surface area contributed by atoms with Gasteiger partial charge >= 0.3 is 5.97 Å². The first kappa shape index (κ1) is 19.7. The zero-order valence-corrected chi connectivity index (χ0v) is 14.9. The molecule has 2 rings (SSSR count). The van der Waals surface area contributed by atoms with Gasteiger partial charge < -0.3 is 19.4 Å². The molecule has 1 aromatic heterocycles. The van der Waals surface area contributed by atoms with Gasteiger partial charge in [-0.15, -0.1) is 0 Å². The van der Waals surface area contributed by atoms with Gasteiger partial charge in [-0.1, -0.05) is 6.07 Å². The van der Waals surface area contributed by atoms with Crippen LogP contribution < -0.4 is 15.4 Å². The summed E-state index contributed by atoms with van der Waals surface area (Å²) >= 11 is 0. The van der Waals surface area contributed by atoms with Gasteiger partial charge in [-0.3, -0.25) is 24.5 Å². The van der Waals surface area contributed by atoms with E-state index in [1.165, 1.54) is 13.2 Å². The lowest BCUT2D eigenvalue weighted by atomic mass is 10.2. The van der Waals surface area contributed by atoms with E-state index in [0.717, 1.165) is 0 Å². The molecule has 0 fully saturated rings. The molecule has 0 spiro atoms. The topological polar surface area (TPSA) is 116 Å². The number of amides is 3. The molecule has 0 aliphatic rings. The minimum absolute atomic E-state index is 0.292. The van der Waals surface area contributed by atoms with Crippen LogP contribution in [0.3, 0.4) is 0 Å². The average Bonchev–Trinajstić information content (AvgIpc) is 3.10. The second-order valence-electron chi connectivity index (χ2n) is 5.46. The lowest BCUT2D eigenvalue weighted by Crippen LogP contribution is -2.37. The van der Waals surface area contributed by atoms with Gasteiger partial charge in [0.05, 0.1) is 7.11 Å². The molecule has 3 amide bonds. The second kappa shape index (κ2) is 9.18. The van der Waals surface area contributed by atoms with Crippen LogP contribution >= 0.6 is 0 Å². The summed E-state index contributed by atoms with van der Waals surface area (Å²) < 4.78 is 11.3. The molecule has 9 nitrogen and oxygen atoms in total. The molecule has 0 saturated heterocycles. The van der Waals surface area contributed by atoms with E-state index < -0.39 is 36.8 Å². The third-order valence-corrected chi connectivity index (χ3v) is 3.52. The molecule has 2 aromatic rings. The number of ether oxygens (including phenoxy) is 2. The summed E-state index contributed by atoms with van der Waals surface area (Å²) in [6.07, 6.45) is 1.66. The first-order valence-corrected chi connectivity index (χ1v) is 7.94. The number of hydrogen-bond acceptors (Lipinski definition) is 6. The van der Waals surface area contributed by atoms with E-state index in [-0.39, 0.29) is 0 Å². The zero-order chi connectivity index (χ0) is 19.8. The largest absolute Gasteiger partial charge is 0.497 e. The van der Waals surface area contributed by atoms with Crippen LogP contribution in [0.1, 0.15) is 20.8 Å². The number of nitrogens with one attached hydrogen (secondary N) is 2. The first-order valence-electron chi connectivity index (χ1n) is 7.94. The van der Waals surface area contributed by atoms with Gasteiger partial charge in [0, 0.05) is 18.8 Å². The van der Waals surface area contributed by atoms with Crippen LogP contribution in [0, 0.1) is 0 Å². The lowest BCUT2D eigenvalue weighted by Gasteiger charge is -2.08. The third kappa shape index (κ3) is 5.70. The minimum atomic E-state index is -0.812. The van der Waals surface area contributed by atoms with Crippen LogP contribution in [-0.2, 0) is 21.4 Å². The van der Waals surface area contributed by atoms with Crippen LogP contribution in [-0.4, -0.2) is 48.5 Å². The van der Waals surface area contributed by atoms with Gasteiger partial charge in [0.25, 0.3) is 17.7 Å². The molecule has 0 atom stereocenters. The van der Waals surface area contributed by atoms with Gasteiger partial charge in [-0.25, -0.2) is 0 Å². The molecule has 0 unspecified atom stereocenters. The Bertz CT molecular complexity index is 858. The Labute approximate surface area is 155 Å². The number of benzene rings is 1. The van der Waals surface area contributed by atoms with E-state index in [9.17, 15) is 19.2 Å². The van der Waals surface area contributed by atoms with Crippen molar-refractivity contribution in [3.8, 4) is 5.75 Å². The monoisotopic (exact) mass is 373 g/mol. The Morgan fingerprint density at radius 1 is 1.07 bits per heavy atom. The van der Waals surface area contributed by atoms with E-state index in [1.807, 2.05) is 0 Å². The molecule has 1 heterocycles. The van der Waals surface area contributed by atoms with E-state index in [1.54, 1.807) is 48.1 Å². The molecule has 0 radical (unpaired) electrons. The molecule has 0 aliphatic carbocycles. The van der Waals surface area contributed by atoms with Crippen molar-refractivity contribution in [2.75, 3.05) is 20.3 Å². The van der Waals surface area contributed by atoms with E-state index in [4.69, 9.17) is 9.47 Å². The van der Waals surface area contributed by atoms with Crippen LogP contribution in [0.15, 0.2) is 42.6 Å². The number of imide groups is 1. The Kier molecular flexibility index (Phi) is 6.70. The Hall–Kier alpha value is -3.62. The number of rotatable bonds is 7. The summed E-state index contributed by atoms with van der Waals surface area (Å²) in [6, 6.07) is 9.60. The molecule has 0 saturated carbocycles. The molecule has 2 N–H and O–H groups in total. The van der Waals surface area contributed by atoms with Gasteiger partial charge in [0.15, 0.2) is 6.61 Å². The fourth-order valence-corrected chi connectivity index (χ4v) is 2.14. The highest BCUT2D eigenvalue weighted by molar-refractivity contribution is 6.04. The summed E-state index contributed by atoms with van der Waals surface area (Å²) in [7, 11) is 3.13. The van der Waals surface area contributed by atoms with Crippen molar-refractivity contribution in [1.82, 2.24) is 15.2 Å². The number of methoxy groups -OCH3 is 1. The Morgan fingerprint density at radius 2 is 1.85 bits per heavy atom. The molecular formula is C18H19N3O6. The minimum Gasteiger partial charge on any atom is -0.497 e. The maximum Gasteiger partial charge on any atom is 0.325 e. The quantitative estimate of drug-likeness (QED) is 0.673. The number of aromatic nitrogens is 1. The highest BCUT2D eigenvalue weighted by Crippen LogP contribution is 2.12. The predicted molar refractivity (Wildman–Crippen MR) is 94.2 cm³/mol. The van der Waals surface area contributed by atoms with Gasteiger partial charge in [-0.2, -0.15) is 0 Å². The molecule has 9 heteroatoms. The van der Waals surface area contributed by atoms with E-state index in [0.29, 0.717) is 17.0 Å². The van der Waals surface area contributed by atoms with Crippen LogP contribution in [0.25, 0.3) is 0 Å². The molecular weight excluding hydrogens is 354 g/mol. The predicted octanol–water partition coefficient (Wildman–Crippen LogP) is 0.263. The molecule has 0 bridgehead atoms. The first-order chi connectivity index (χ1) is 12.9. The van der Waals surface area contributed by atoms with Crippen molar-refractivity contribution in [2.45, 2.75) is 0 Å². The van der Waals surface area contributed by atoms with Crippen LogP contribution in [0.2, 0.25) is 0 Å². The van der Waals surface area contributed by atoms with Crippen molar-refractivity contribution < 1.29 is 28.7 Å². The molecule has 1 aromatic carbocycles. The number of carbonyl (C=O) groups is 4. The van der Waals surface area contributed by atoms with Crippen molar-refractivity contribution in [1.29, 1.82) is 0 Å². The number of esters is 1. The normalized spacial score (nSPS) is 10.0. The SMILES string of the molecule is COc1cccc(C(=O)NCC(=O)OCC(=O)NC(=O)c2cccn2C)c1. The van der Waals surface area contributed by atoms with Crippen LogP contribution in [0.4, 0.5) is 0 Å². The lowest BCUT2D eigenvalue weighted by molar-refractivity contribution is -0.147. The number of nitrogens with zero attached hydrogens (tertiary/aromatic N) is 1. The zero-order valence-electron chi connectivity index (χ0n) is 14.9. The van der Waals surface area contributed by atoms with Gasteiger partial charge in [0.2, 0.25) is 0 Å². The maximum atomic E-state index is 12.0. The molecule has 27 heavy (non-hydrogen) atoms. The number of carbonyl (C=O) groups excluding carboxylic acids is 4. The van der Waals surface area contributed by atoms with Gasteiger partial charge in [0.1, 0.15) is 18.0 Å². The number of hydrogen-bond donors (Lipinski definition) is 2. The Balaban J connectivity index is 1.74. The molecule has 0 aliphatic heterocycles. The summed E-state index contributed by atoms with van der Waals surface area (Å²) in [4.78, 5) is 47.1. The fraction of sp³-hybridized carbons (Fsp3) is 0.222. The fourth-order valence-electron chi connectivity index (χ4n) is 2.14. The van der Waals surface area contributed by atoms with Gasteiger partial charge in [-0.05, 0) is 30.3 Å². The summed E-state index contributed by atoms with van der Waals surface area (Å²) in [6.45, 7) is -1.06. The third-order valence-electron chi connectivity index (χ3n) is 3.52. The van der Waals surface area contributed by atoms with E-state index >= 15 is 0 Å². The Morgan fingerprint density at radius 3 is 2.52 bits per heavy atom. The number of aryl methyl sites for hydroxylation is 1. The standard InChI is InChI=1S/C18H19N3O6/c1-21-8-4-7-14(21)18(25)20-15(22)11-27-16(23)10-19-17(24)12-5-3-6-13(9-12)26-2/h3-9H,10-11H2,1-2H3,(H,19,24)(H,20,22,25). The second-order valence-corrected chi connectivity index (χ2v) is 5.46. The smallest absolute Gasteiger partial charge is 0.325 e. The van der Waals surface area contributed by atoms with Crippen molar-refractivity contribution >= 4 is 23.7 Å². The highest BCUT2D eigenvalue weighted by atomic mass is 16.5. The highest BCUT2D eigenvalue weighted by Gasteiger charge is 2.15. The molecule has 142 valence electrons. The van der Waals surface area contributed by atoms with Crippen molar-refractivity contribution in [2.24, 2.45) is 7.05 Å². The van der Waals surface area contributed by atoms with Crippen molar-refractivity contribution in [3.05, 3.63) is 53.9 Å². The summed E-state index contributed by atoms with van der Waals surface area (Å²) in [5, 5.41) is 4.48. The van der Waals surface area contributed by atoms with Crippen LogP contribution in [0.5, 0.6) is 5.75 Å². The van der Waals surface area contributed by atoms with Crippen molar-refractivity contribution in [3.63, 3.8) is 0 Å². The summed E-state index contributed by atoms with van der Waals surface area (Å²) in [5.74, 6) is -2.17. The average molecular weight is 373 g/mol.